The van der Waals surface area contributed by atoms with E-state index < -0.39 is 10.7 Å². The number of para-hydroxylation sites is 1. The van der Waals surface area contributed by atoms with Crippen molar-refractivity contribution in [3.8, 4) is 6.07 Å². The van der Waals surface area contributed by atoms with Crippen LogP contribution in [0.1, 0.15) is 5.56 Å². The SMILES string of the molecule is CNc1cccc(Nc2ccc(C#N)cc2F)c1[N+](=O)[O-]. The van der Waals surface area contributed by atoms with Gasteiger partial charge in [0.2, 0.25) is 0 Å². The van der Waals surface area contributed by atoms with Crippen molar-refractivity contribution in [3.05, 3.63) is 57.9 Å². The molecule has 2 aromatic rings. The number of halogens is 1. The standard InChI is InChI=1S/C14H11FN4O2/c1-17-12-3-2-4-13(14(12)19(20)21)18-11-6-5-9(8-16)7-10(11)15/h2-7,17-18H,1H3. The van der Waals surface area contributed by atoms with Crippen molar-refractivity contribution in [1.82, 2.24) is 0 Å². The molecule has 0 saturated heterocycles. The quantitative estimate of drug-likeness (QED) is 0.664. The Labute approximate surface area is 120 Å². The summed E-state index contributed by atoms with van der Waals surface area (Å²) in [6.45, 7) is 0. The van der Waals surface area contributed by atoms with Crippen molar-refractivity contribution in [3.63, 3.8) is 0 Å². The summed E-state index contributed by atoms with van der Waals surface area (Å²) < 4.78 is 13.8. The fraction of sp³-hybridized carbons (Fsp3) is 0.0714. The average molecular weight is 286 g/mol. The molecular weight excluding hydrogens is 275 g/mol. The maximum Gasteiger partial charge on any atom is 0.315 e. The van der Waals surface area contributed by atoms with Crippen LogP contribution in [0.3, 0.4) is 0 Å². The largest absolute Gasteiger partial charge is 0.382 e. The van der Waals surface area contributed by atoms with Gasteiger partial charge in [-0.2, -0.15) is 5.26 Å². The molecular formula is C14H11FN4O2. The summed E-state index contributed by atoms with van der Waals surface area (Å²) in [7, 11) is 1.56. The molecule has 2 N–H and O–H groups in total. The van der Waals surface area contributed by atoms with Crippen LogP contribution in [-0.4, -0.2) is 12.0 Å². The second-order valence-electron chi connectivity index (χ2n) is 4.14. The predicted molar refractivity (Wildman–Crippen MR) is 77.0 cm³/mol. The van der Waals surface area contributed by atoms with Crippen LogP contribution in [0.2, 0.25) is 0 Å². The maximum absolute atomic E-state index is 13.8. The molecule has 0 aliphatic heterocycles. The number of anilines is 3. The van der Waals surface area contributed by atoms with Crippen LogP contribution >= 0.6 is 0 Å². The van der Waals surface area contributed by atoms with Crippen LogP contribution in [0, 0.1) is 27.3 Å². The van der Waals surface area contributed by atoms with E-state index in [1.807, 2.05) is 6.07 Å². The zero-order valence-corrected chi connectivity index (χ0v) is 11.1. The molecule has 0 aliphatic rings. The van der Waals surface area contributed by atoms with Gasteiger partial charge in [0.1, 0.15) is 17.2 Å². The maximum atomic E-state index is 13.8. The Morgan fingerprint density at radius 2 is 1.95 bits per heavy atom. The molecule has 0 spiro atoms. The number of rotatable bonds is 4. The molecule has 21 heavy (non-hydrogen) atoms. The normalized spacial score (nSPS) is 9.76. The third-order valence-electron chi connectivity index (χ3n) is 2.86. The van der Waals surface area contributed by atoms with E-state index in [0.717, 1.165) is 6.07 Å². The highest BCUT2D eigenvalue weighted by molar-refractivity contribution is 5.79. The second-order valence-corrected chi connectivity index (χ2v) is 4.14. The first kappa shape index (κ1) is 14.3. The lowest BCUT2D eigenvalue weighted by Crippen LogP contribution is -2.02. The van der Waals surface area contributed by atoms with Gasteiger partial charge in [0.15, 0.2) is 0 Å². The molecule has 0 aromatic heterocycles. The van der Waals surface area contributed by atoms with Crippen molar-refractivity contribution in [2.24, 2.45) is 0 Å². The molecule has 0 saturated carbocycles. The van der Waals surface area contributed by atoms with E-state index in [-0.39, 0.29) is 22.6 Å². The number of nitrogens with zero attached hydrogens (tertiary/aromatic N) is 2. The number of hydrogen-bond acceptors (Lipinski definition) is 5. The molecule has 2 rings (SSSR count). The Kier molecular flexibility index (Phi) is 4.00. The van der Waals surface area contributed by atoms with Crippen molar-refractivity contribution >= 4 is 22.7 Å². The summed E-state index contributed by atoms with van der Waals surface area (Å²) in [6, 6.07) is 10.3. The van der Waals surface area contributed by atoms with Gasteiger partial charge < -0.3 is 10.6 Å². The monoisotopic (exact) mass is 286 g/mol. The van der Waals surface area contributed by atoms with E-state index >= 15 is 0 Å². The number of hydrogen-bond donors (Lipinski definition) is 2. The first-order valence-electron chi connectivity index (χ1n) is 5.98. The minimum atomic E-state index is -0.654. The van der Waals surface area contributed by atoms with Gasteiger partial charge in [0.05, 0.1) is 22.2 Å². The third-order valence-corrected chi connectivity index (χ3v) is 2.86. The van der Waals surface area contributed by atoms with Crippen molar-refractivity contribution in [1.29, 1.82) is 5.26 Å². The average Bonchev–Trinajstić information content (AvgIpc) is 2.48. The molecule has 0 bridgehead atoms. The smallest absolute Gasteiger partial charge is 0.315 e. The van der Waals surface area contributed by atoms with E-state index in [9.17, 15) is 14.5 Å². The molecule has 0 unspecified atom stereocenters. The highest BCUT2D eigenvalue weighted by Crippen LogP contribution is 2.35. The molecule has 0 aliphatic carbocycles. The molecule has 106 valence electrons. The summed E-state index contributed by atoms with van der Waals surface area (Å²) >= 11 is 0. The minimum absolute atomic E-state index is 0.0605. The molecule has 0 radical (unpaired) electrons. The minimum Gasteiger partial charge on any atom is -0.382 e. The van der Waals surface area contributed by atoms with Gasteiger partial charge in [-0.3, -0.25) is 10.1 Å². The van der Waals surface area contributed by atoms with E-state index in [2.05, 4.69) is 10.6 Å². The lowest BCUT2D eigenvalue weighted by molar-refractivity contribution is -0.383. The van der Waals surface area contributed by atoms with Crippen LogP contribution in [0.15, 0.2) is 36.4 Å². The van der Waals surface area contributed by atoms with Crippen LogP contribution < -0.4 is 10.6 Å². The topological polar surface area (TPSA) is 91.0 Å². The van der Waals surface area contributed by atoms with Gasteiger partial charge in [0.25, 0.3) is 0 Å². The summed E-state index contributed by atoms with van der Waals surface area (Å²) in [6.07, 6.45) is 0. The van der Waals surface area contributed by atoms with Crippen LogP contribution in [-0.2, 0) is 0 Å². The fourth-order valence-corrected chi connectivity index (χ4v) is 1.87. The van der Waals surface area contributed by atoms with Crippen LogP contribution in [0.25, 0.3) is 0 Å². The Morgan fingerprint density at radius 3 is 2.52 bits per heavy atom. The molecule has 6 nitrogen and oxygen atoms in total. The van der Waals surface area contributed by atoms with E-state index in [4.69, 9.17) is 5.26 Å². The number of nitro benzene ring substituents is 1. The van der Waals surface area contributed by atoms with Crippen molar-refractivity contribution in [2.75, 3.05) is 17.7 Å². The van der Waals surface area contributed by atoms with Gasteiger partial charge in [0, 0.05) is 7.05 Å². The number of benzene rings is 2. The van der Waals surface area contributed by atoms with Gasteiger partial charge in [-0.1, -0.05) is 6.07 Å². The molecule has 0 heterocycles. The van der Waals surface area contributed by atoms with Crippen molar-refractivity contribution < 1.29 is 9.31 Å². The third kappa shape index (κ3) is 2.90. The molecule has 7 heteroatoms. The Bertz CT molecular complexity index is 740. The summed E-state index contributed by atoms with van der Waals surface area (Å²) in [5.41, 5.74) is 0.542. The summed E-state index contributed by atoms with van der Waals surface area (Å²) in [4.78, 5) is 10.6. The van der Waals surface area contributed by atoms with Gasteiger partial charge in [-0.25, -0.2) is 4.39 Å². The Morgan fingerprint density at radius 1 is 1.24 bits per heavy atom. The number of nitro groups is 1. The molecule has 0 amide bonds. The first-order valence-corrected chi connectivity index (χ1v) is 5.98. The Hall–Kier alpha value is -3.14. The number of nitrogens with one attached hydrogen (secondary N) is 2. The van der Waals surface area contributed by atoms with Gasteiger partial charge in [-0.15, -0.1) is 0 Å². The van der Waals surface area contributed by atoms with E-state index in [0.29, 0.717) is 5.69 Å². The molecule has 2 aromatic carbocycles. The number of nitriles is 1. The lowest BCUT2D eigenvalue weighted by Gasteiger charge is -2.10. The zero-order chi connectivity index (χ0) is 15.4. The van der Waals surface area contributed by atoms with E-state index in [1.165, 1.54) is 18.2 Å². The van der Waals surface area contributed by atoms with Gasteiger partial charge >= 0.3 is 5.69 Å². The van der Waals surface area contributed by atoms with Crippen LogP contribution in [0.5, 0.6) is 0 Å². The first-order chi connectivity index (χ1) is 10.1. The summed E-state index contributed by atoms with van der Waals surface area (Å²) in [5.74, 6) is -0.654. The second kappa shape index (κ2) is 5.88. The predicted octanol–water partition coefficient (Wildman–Crippen LogP) is 3.39. The van der Waals surface area contributed by atoms with E-state index in [1.54, 1.807) is 19.2 Å². The molecule has 0 atom stereocenters. The zero-order valence-electron chi connectivity index (χ0n) is 11.1. The Balaban J connectivity index is 2.45. The molecule has 0 fully saturated rings. The highest BCUT2D eigenvalue weighted by atomic mass is 19.1. The van der Waals surface area contributed by atoms with Gasteiger partial charge in [-0.05, 0) is 30.3 Å². The summed E-state index contributed by atoms with van der Waals surface area (Å²) in [5, 5.41) is 25.3. The van der Waals surface area contributed by atoms with Crippen LogP contribution in [0.4, 0.5) is 27.1 Å². The lowest BCUT2D eigenvalue weighted by atomic mass is 10.2. The fourth-order valence-electron chi connectivity index (χ4n) is 1.87. The van der Waals surface area contributed by atoms with Crippen molar-refractivity contribution in [2.45, 2.75) is 0 Å². The highest BCUT2D eigenvalue weighted by Gasteiger charge is 2.19.